The number of likely N-dealkylation sites (N-methyl/N-ethyl adjacent to an activating group) is 1. The number of aliphatic hydroxyl groups excluding tert-OH is 1. The Bertz CT molecular complexity index is 1220. The van der Waals surface area contributed by atoms with E-state index in [1.807, 2.05) is 25.9 Å². The van der Waals surface area contributed by atoms with Crippen LogP contribution in [0.2, 0.25) is 0 Å². The Morgan fingerprint density at radius 3 is 2.42 bits per heavy atom. The lowest BCUT2D eigenvalue weighted by atomic mass is 9.94. The number of nitrogens with zero attached hydrogens (tertiary/aromatic N) is 2. The molecular weight excluding hydrogens is 484 g/mol. The van der Waals surface area contributed by atoms with Crippen molar-refractivity contribution in [2.75, 3.05) is 47.5 Å². The largest absolute Gasteiger partial charge is 0.507 e. The van der Waals surface area contributed by atoms with Crippen LogP contribution >= 0.6 is 0 Å². The van der Waals surface area contributed by atoms with Gasteiger partial charge in [0.2, 0.25) is 0 Å². The second kappa shape index (κ2) is 12.6. The van der Waals surface area contributed by atoms with Crippen LogP contribution in [0.5, 0.6) is 17.2 Å². The summed E-state index contributed by atoms with van der Waals surface area (Å²) in [5.41, 5.74) is 1.91. The number of ether oxygens (including phenoxy) is 3. The molecule has 3 rings (SSSR count). The third-order valence-corrected chi connectivity index (χ3v) is 6.21. The molecule has 0 radical (unpaired) electrons. The molecule has 204 valence electrons. The minimum absolute atomic E-state index is 0.0332. The molecule has 2 aromatic rings. The van der Waals surface area contributed by atoms with E-state index < -0.39 is 17.7 Å². The second-order valence-corrected chi connectivity index (χ2v) is 9.99. The summed E-state index contributed by atoms with van der Waals surface area (Å²) in [5.74, 6) is 0.418. The van der Waals surface area contributed by atoms with Gasteiger partial charge in [0.1, 0.15) is 18.1 Å². The SMILES string of the molecule is C=CCOc1ccc(C2C(=C(O)c3ccc(OCC(C)C)c(C)c3)C(=O)C(=O)N2CCN(C)C)cc1OC. The van der Waals surface area contributed by atoms with E-state index in [9.17, 15) is 14.7 Å². The van der Waals surface area contributed by atoms with Crippen molar-refractivity contribution in [1.29, 1.82) is 0 Å². The van der Waals surface area contributed by atoms with Gasteiger partial charge in [-0.3, -0.25) is 9.59 Å². The minimum atomic E-state index is -0.797. The van der Waals surface area contributed by atoms with Crippen LogP contribution in [0.15, 0.2) is 54.6 Å². The molecule has 1 aliphatic rings. The van der Waals surface area contributed by atoms with E-state index in [2.05, 4.69) is 20.4 Å². The van der Waals surface area contributed by atoms with Gasteiger partial charge in [0.25, 0.3) is 11.7 Å². The van der Waals surface area contributed by atoms with E-state index in [0.29, 0.717) is 60.6 Å². The highest BCUT2D eigenvalue weighted by molar-refractivity contribution is 6.46. The number of amides is 1. The number of ketones is 1. The maximum Gasteiger partial charge on any atom is 0.295 e. The molecule has 38 heavy (non-hydrogen) atoms. The number of rotatable bonds is 12. The van der Waals surface area contributed by atoms with Crippen molar-refractivity contribution in [1.82, 2.24) is 9.80 Å². The quantitative estimate of drug-likeness (QED) is 0.189. The maximum atomic E-state index is 13.3. The zero-order valence-electron chi connectivity index (χ0n) is 23.1. The number of likely N-dealkylation sites (tertiary alicyclic amines) is 1. The van der Waals surface area contributed by atoms with Crippen LogP contribution in [0.4, 0.5) is 0 Å². The van der Waals surface area contributed by atoms with Gasteiger partial charge in [-0.05, 0) is 68.4 Å². The summed E-state index contributed by atoms with van der Waals surface area (Å²) in [6.07, 6.45) is 1.63. The number of carbonyl (C=O) groups is 2. The first-order valence-electron chi connectivity index (χ1n) is 12.7. The van der Waals surface area contributed by atoms with E-state index in [0.717, 1.165) is 5.56 Å². The topological polar surface area (TPSA) is 88.5 Å². The molecule has 0 spiro atoms. The van der Waals surface area contributed by atoms with Crippen molar-refractivity contribution in [3.63, 3.8) is 0 Å². The van der Waals surface area contributed by atoms with E-state index in [1.165, 1.54) is 12.0 Å². The van der Waals surface area contributed by atoms with Gasteiger partial charge in [0.05, 0.1) is 25.3 Å². The van der Waals surface area contributed by atoms with Crippen LogP contribution in [0.3, 0.4) is 0 Å². The first-order chi connectivity index (χ1) is 18.1. The smallest absolute Gasteiger partial charge is 0.295 e. The monoisotopic (exact) mass is 522 g/mol. The third-order valence-electron chi connectivity index (χ3n) is 6.21. The Labute approximate surface area is 225 Å². The Morgan fingerprint density at radius 2 is 1.82 bits per heavy atom. The zero-order valence-corrected chi connectivity index (χ0v) is 23.1. The normalized spacial score (nSPS) is 16.8. The first-order valence-corrected chi connectivity index (χ1v) is 12.7. The number of aliphatic hydroxyl groups is 1. The number of aryl methyl sites for hydroxylation is 1. The van der Waals surface area contributed by atoms with Crippen molar-refractivity contribution in [3.8, 4) is 17.2 Å². The van der Waals surface area contributed by atoms with Crippen molar-refractivity contribution in [2.45, 2.75) is 26.8 Å². The van der Waals surface area contributed by atoms with Crippen molar-refractivity contribution >= 4 is 17.4 Å². The van der Waals surface area contributed by atoms with E-state index >= 15 is 0 Å². The van der Waals surface area contributed by atoms with Crippen LogP contribution < -0.4 is 14.2 Å². The van der Waals surface area contributed by atoms with Crippen LogP contribution in [0.1, 0.15) is 36.6 Å². The summed E-state index contributed by atoms with van der Waals surface area (Å²) in [7, 11) is 5.31. The lowest BCUT2D eigenvalue weighted by molar-refractivity contribution is -0.140. The number of methoxy groups -OCH3 is 1. The van der Waals surface area contributed by atoms with Gasteiger partial charge in [-0.25, -0.2) is 0 Å². The molecule has 2 aromatic carbocycles. The fourth-order valence-corrected chi connectivity index (χ4v) is 4.26. The fourth-order valence-electron chi connectivity index (χ4n) is 4.26. The Kier molecular flexibility index (Phi) is 9.58. The standard InChI is InChI=1S/C30H38N2O6/c1-8-15-37-24-12-9-21(17-25(24)36-7)27-26(29(34)30(35)32(27)14-13-31(5)6)28(33)22-10-11-23(20(4)16-22)38-18-19(2)3/h8-12,16-17,19,27,33H,1,13-15,18H2,2-7H3. The van der Waals surface area contributed by atoms with Gasteiger partial charge >= 0.3 is 0 Å². The van der Waals surface area contributed by atoms with E-state index in [4.69, 9.17) is 14.2 Å². The van der Waals surface area contributed by atoms with Crippen molar-refractivity contribution in [2.24, 2.45) is 5.92 Å². The molecule has 1 saturated heterocycles. The molecule has 1 unspecified atom stereocenters. The van der Waals surface area contributed by atoms with Gasteiger partial charge in [-0.1, -0.05) is 32.6 Å². The molecule has 0 bridgehead atoms. The zero-order chi connectivity index (χ0) is 28.0. The van der Waals surface area contributed by atoms with E-state index in [1.54, 1.807) is 42.5 Å². The average Bonchev–Trinajstić information content (AvgIpc) is 3.14. The first kappa shape index (κ1) is 28.8. The number of hydrogen-bond donors (Lipinski definition) is 1. The average molecular weight is 523 g/mol. The lowest BCUT2D eigenvalue weighted by Gasteiger charge is -2.27. The molecule has 8 nitrogen and oxygen atoms in total. The summed E-state index contributed by atoms with van der Waals surface area (Å²) in [6, 6.07) is 9.69. The molecule has 0 saturated carbocycles. The van der Waals surface area contributed by atoms with Gasteiger partial charge in [-0.2, -0.15) is 0 Å². The molecule has 1 heterocycles. The third kappa shape index (κ3) is 6.37. The predicted octanol–water partition coefficient (Wildman–Crippen LogP) is 4.59. The van der Waals surface area contributed by atoms with Crippen molar-refractivity contribution < 1.29 is 28.9 Å². The summed E-state index contributed by atoms with van der Waals surface area (Å²) in [6.45, 7) is 11.4. The summed E-state index contributed by atoms with van der Waals surface area (Å²) in [5, 5.41) is 11.4. The molecule has 1 N–H and O–H groups in total. The summed E-state index contributed by atoms with van der Waals surface area (Å²) >= 11 is 0. The summed E-state index contributed by atoms with van der Waals surface area (Å²) < 4.78 is 17.1. The molecule has 1 atom stereocenters. The molecule has 0 aliphatic carbocycles. The van der Waals surface area contributed by atoms with Crippen molar-refractivity contribution in [3.05, 3.63) is 71.3 Å². The Hall–Kier alpha value is -3.78. The Morgan fingerprint density at radius 1 is 1.11 bits per heavy atom. The van der Waals surface area contributed by atoms with Crippen LogP contribution in [0.25, 0.3) is 5.76 Å². The molecule has 1 amide bonds. The highest BCUT2D eigenvalue weighted by Crippen LogP contribution is 2.42. The van der Waals surface area contributed by atoms with Crippen LogP contribution in [0, 0.1) is 12.8 Å². The number of carbonyl (C=O) groups excluding carboxylic acids is 2. The van der Waals surface area contributed by atoms with Crippen LogP contribution in [-0.2, 0) is 9.59 Å². The lowest BCUT2D eigenvalue weighted by Crippen LogP contribution is -2.35. The number of hydrogen-bond acceptors (Lipinski definition) is 7. The second-order valence-electron chi connectivity index (χ2n) is 9.99. The summed E-state index contributed by atoms with van der Waals surface area (Å²) in [4.78, 5) is 30.0. The number of benzene rings is 2. The molecular formula is C30H38N2O6. The van der Waals surface area contributed by atoms with Gasteiger partial charge in [0, 0.05) is 18.7 Å². The van der Waals surface area contributed by atoms with Gasteiger partial charge in [0.15, 0.2) is 11.5 Å². The fraction of sp³-hybridized carbons (Fsp3) is 0.400. The number of Topliss-reactive ketones (excluding diaryl/α,β-unsaturated/α-hetero) is 1. The Balaban J connectivity index is 2.11. The van der Waals surface area contributed by atoms with Crippen LogP contribution in [-0.4, -0.2) is 74.1 Å². The van der Waals surface area contributed by atoms with Gasteiger partial charge < -0.3 is 29.1 Å². The highest BCUT2D eigenvalue weighted by Gasteiger charge is 2.46. The predicted molar refractivity (Wildman–Crippen MR) is 148 cm³/mol. The maximum absolute atomic E-state index is 13.3. The van der Waals surface area contributed by atoms with E-state index in [-0.39, 0.29) is 11.3 Å². The minimum Gasteiger partial charge on any atom is -0.507 e. The molecule has 0 aromatic heterocycles. The van der Waals surface area contributed by atoms with Gasteiger partial charge in [-0.15, -0.1) is 0 Å². The molecule has 1 aliphatic heterocycles. The highest BCUT2D eigenvalue weighted by atomic mass is 16.5. The molecule has 1 fully saturated rings. The molecule has 8 heteroatoms.